The molecule has 2 aliphatic rings. The van der Waals surface area contributed by atoms with Gasteiger partial charge < -0.3 is 19.8 Å². The van der Waals surface area contributed by atoms with Crippen molar-refractivity contribution in [2.75, 3.05) is 19.8 Å². The summed E-state index contributed by atoms with van der Waals surface area (Å²) in [4.78, 5) is 44.3. The van der Waals surface area contributed by atoms with Crippen LogP contribution >= 0.6 is 0 Å². The molecule has 186 valence electrons. The molecular formula is C28H22FN3O5. The van der Waals surface area contributed by atoms with E-state index < -0.39 is 35.6 Å². The van der Waals surface area contributed by atoms with Gasteiger partial charge in [0, 0.05) is 10.9 Å². The van der Waals surface area contributed by atoms with Crippen LogP contribution in [0.2, 0.25) is 0 Å². The molecule has 1 saturated heterocycles. The Morgan fingerprint density at radius 1 is 1.00 bits per heavy atom. The standard InChI is InChI=1S/C28H22FN3O5/c1-28(17-8-11-22-23(14-17)37-13-12-36-22)26(34)32(27(35)31-28)15-21(33)24-19-4-2-3-5-20(19)30-25(24)16-6-9-18(29)10-7-16/h2-11,14,30H,12-13,15H2,1H3,(H,31,35). The molecule has 1 atom stereocenters. The average Bonchev–Trinajstić information content (AvgIpc) is 3.40. The van der Waals surface area contributed by atoms with Crippen LogP contribution in [-0.2, 0) is 10.3 Å². The number of ketones is 1. The van der Waals surface area contributed by atoms with E-state index in [2.05, 4.69) is 10.3 Å². The van der Waals surface area contributed by atoms with E-state index >= 15 is 0 Å². The van der Waals surface area contributed by atoms with Crippen molar-refractivity contribution in [3.8, 4) is 22.8 Å². The number of fused-ring (bicyclic) bond motifs is 2. The van der Waals surface area contributed by atoms with E-state index in [0.717, 1.165) is 4.90 Å². The van der Waals surface area contributed by atoms with Crippen molar-refractivity contribution in [2.45, 2.75) is 12.5 Å². The summed E-state index contributed by atoms with van der Waals surface area (Å²) in [6.07, 6.45) is 0. The Bertz CT molecular complexity index is 1580. The molecule has 8 nitrogen and oxygen atoms in total. The molecule has 3 heterocycles. The Morgan fingerprint density at radius 2 is 1.73 bits per heavy atom. The topological polar surface area (TPSA) is 101 Å². The smallest absolute Gasteiger partial charge is 0.325 e. The third kappa shape index (κ3) is 3.70. The number of hydrogen-bond acceptors (Lipinski definition) is 5. The number of Topliss-reactive ketones (excluding diaryl/α,β-unsaturated/α-hetero) is 1. The van der Waals surface area contributed by atoms with Gasteiger partial charge in [-0.3, -0.25) is 14.5 Å². The Kier molecular flexibility index (Phi) is 5.22. The highest BCUT2D eigenvalue weighted by atomic mass is 19.1. The third-order valence-corrected chi connectivity index (χ3v) is 6.81. The summed E-state index contributed by atoms with van der Waals surface area (Å²) < 4.78 is 24.7. The molecule has 1 fully saturated rings. The predicted molar refractivity (Wildman–Crippen MR) is 133 cm³/mol. The van der Waals surface area contributed by atoms with Gasteiger partial charge >= 0.3 is 6.03 Å². The highest BCUT2D eigenvalue weighted by Crippen LogP contribution is 2.37. The molecule has 0 aliphatic carbocycles. The first kappa shape index (κ1) is 22.8. The van der Waals surface area contributed by atoms with Crippen molar-refractivity contribution >= 4 is 28.6 Å². The zero-order chi connectivity index (χ0) is 25.7. The van der Waals surface area contributed by atoms with Gasteiger partial charge in [-0.1, -0.05) is 24.3 Å². The number of urea groups is 1. The molecule has 0 saturated carbocycles. The van der Waals surface area contributed by atoms with Gasteiger partial charge in [0.15, 0.2) is 17.3 Å². The molecule has 2 aliphatic heterocycles. The summed E-state index contributed by atoms with van der Waals surface area (Å²) in [6, 6.07) is 17.4. The van der Waals surface area contributed by atoms with Crippen LogP contribution in [0, 0.1) is 5.82 Å². The van der Waals surface area contributed by atoms with Gasteiger partial charge in [0.2, 0.25) is 0 Å². The van der Waals surface area contributed by atoms with Crippen LogP contribution in [0.4, 0.5) is 9.18 Å². The zero-order valence-electron chi connectivity index (χ0n) is 19.8. The predicted octanol–water partition coefficient (Wildman–Crippen LogP) is 4.40. The fourth-order valence-electron chi connectivity index (χ4n) is 4.88. The number of ether oxygens (including phenoxy) is 2. The monoisotopic (exact) mass is 499 g/mol. The average molecular weight is 499 g/mol. The van der Waals surface area contributed by atoms with Crippen LogP contribution < -0.4 is 14.8 Å². The maximum atomic E-state index is 13.7. The Labute approximate surface area is 211 Å². The van der Waals surface area contributed by atoms with Crippen LogP contribution in [0.3, 0.4) is 0 Å². The van der Waals surface area contributed by atoms with Gasteiger partial charge in [-0.15, -0.1) is 0 Å². The second-order valence-corrected chi connectivity index (χ2v) is 9.16. The second kappa shape index (κ2) is 8.48. The lowest BCUT2D eigenvalue weighted by atomic mass is 9.91. The first-order valence-corrected chi connectivity index (χ1v) is 11.8. The molecule has 9 heteroatoms. The summed E-state index contributed by atoms with van der Waals surface area (Å²) in [5, 5.41) is 3.38. The van der Waals surface area contributed by atoms with Crippen molar-refractivity contribution in [3.05, 3.63) is 83.7 Å². The number of halogens is 1. The summed E-state index contributed by atoms with van der Waals surface area (Å²) in [7, 11) is 0. The highest BCUT2D eigenvalue weighted by molar-refractivity contribution is 6.17. The molecule has 0 radical (unpaired) electrons. The number of imide groups is 1. The van der Waals surface area contributed by atoms with Crippen LogP contribution in [-0.4, -0.2) is 47.4 Å². The molecular weight excluding hydrogens is 477 g/mol. The molecule has 4 aromatic rings. The number of nitrogens with zero attached hydrogens (tertiary/aromatic N) is 1. The number of carbonyl (C=O) groups excluding carboxylic acids is 3. The number of amides is 3. The minimum absolute atomic E-state index is 0.329. The molecule has 3 aromatic carbocycles. The Hall–Kier alpha value is -4.66. The quantitative estimate of drug-likeness (QED) is 0.313. The van der Waals surface area contributed by atoms with Crippen LogP contribution in [0.25, 0.3) is 22.2 Å². The SMILES string of the molecule is CC1(c2ccc3c(c2)OCCO3)NC(=O)N(CC(=O)c2c(-c3ccc(F)cc3)[nH]c3ccccc23)C1=O. The number of para-hydroxylation sites is 1. The van der Waals surface area contributed by atoms with Crippen molar-refractivity contribution in [1.82, 2.24) is 15.2 Å². The van der Waals surface area contributed by atoms with E-state index in [0.29, 0.717) is 58.0 Å². The normalized spacial score (nSPS) is 18.8. The maximum absolute atomic E-state index is 13.7. The van der Waals surface area contributed by atoms with Gasteiger partial charge in [-0.2, -0.15) is 0 Å². The first-order valence-electron chi connectivity index (χ1n) is 11.8. The van der Waals surface area contributed by atoms with Crippen molar-refractivity contribution in [1.29, 1.82) is 0 Å². The second-order valence-electron chi connectivity index (χ2n) is 9.16. The number of H-pyrrole nitrogens is 1. The minimum Gasteiger partial charge on any atom is -0.486 e. The van der Waals surface area contributed by atoms with Crippen LogP contribution in [0.15, 0.2) is 66.7 Å². The van der Waals surface area contributed by atoms with Crippen molar-refractivity contribution in [3.63, 3.8) is 0 Å². The summed E-state index contributed by atoms with van der Waals surface area (Å²) >= 11 is 0. The van der Waals surface area contributed by atoms with E-state index in [1.807, 2.05) is 12.1 Å². The Morgan fingerprint density at radius 3 is 2.51 bits per heavy atom. The number of hydrogen-bond donors (Lipinski definition) is 2. The number of benzene rings is 3. The number of aromatic nitrogens is 1. The molecule has 2 N–H and O–H groups in total. The van der Waals surface area contributed by atoms with Gasteiger partial charge in [0.05, 0.1) is 17.8 Å². The van der Waals surface area contributed by atoms with Crippen molar-refractivity contribution < 1.29 is 28.2 Å². The van der Waals surface area contributed by atoms with Gasteiger partial charge in [0.1, 0.15) is 24.6 Å². The first-order chi connectivity index (χ1) is 17.8. The number of aromatic amines is 1. The minimum atomic E-state index is -1.38. The molecule has 0 spiro atoms. The fraction of sp³-hybridized carbons (Fsp3) is 0.179. The van der Waals surface area contributed by atoms with E-state index in [1.54, 1.807) is 49.4 Å². The van der Waals surface area contributed by atoms with E-state index in [1.165, 1.54) is 12.1 Å². The van der Waals surface area contributed by atoms with Gasteiger partial charge in [0.25, 0.3) is 5.91 Å². The highest BCUT2D eigenvalue weighted by Gasteiger charge is 2.50. The molecule has 3 amide bonds. The molecule has 0 bridgehead atoms. The number of rotatable bonds is 5. The lowest BCUT2D eigenvalue weighted by Crippen LogP contribution is -2.41. The van der Waals surface area contributed by atoms with E-state index in [-0.39, 0.29) is 0 Å². The number of nitrogens with one attached hydrogen (secondary N) is 2. The lowest BCUT2D eigenvalue weighted by molar-refractivity contribution is -0.130. The summed E-state index contributed by atoms with van der Waals surface area (Å²) in [5.41, 5.74) is 1.28. The molecule has 6 rings (SSSR count). The van der Waals surface area contributed by atoms with E-state index in [4.69, 9.17) is 9.47 Å². The van der Waals surface area contributed by atoms with Crippen LogP contribution in [0.1, 0.15) is 22.8 Å². The largest absolute Gasteiger partial charge is 0.486 e. The van der Waals surface area contributed by atoms with Gasteiger partial charge in [-0.25, -0.2) is 9.18 Å². The molecule has 1 aromatic heterocycles. The lowest BCUT2D eigenvalue weighted by Gasteiger charge is -2.25. The van der Waals surface area contributed by atoms with Crippen molar-refractivity contribution in [2.24, 2.45) is 0 Å². The number of carbonyl (C=O) groups is 3. The van der Waals surface area contributed by atoms with Crippen LogP contribution in [0.5, 0.6) is 11.5 Å². The fourth-order valence-corrected chi connectivity index (χ4v) is 4.88. The molecule has 37 heavy (non-hydrogen) atoms. The molecule has 1 unspecified atom stereocenters. The maximum Gasteiger partial charge on any atom is 0.325 e. The van der Waals surface area contributed by atoms with Gasteiger partial charge in [-0.05, 0) is 60.5 Å². The zero-order valence-corrected chi connectivity index (χ0v) is 19.8. The summed E-state index contributed by atoms with van der Waals surface area (Å²) in [5.74, 6) is -0.317. The third-order valence-electron chi connectivity index (χ3n) is 6.81. The van der Waals surface area contributed by atoms with E-state index in [9.17, 15) is 18.8 Å². The Balaban J connectivity index is 1.34. The summed E-state index contributed by atoms with van der Waals surface area (Å²) in [6.45, 7) is 1.96.